The second kappa shape index (κ2) is 8.90. The molecule has 0 spiro atoms. The fourth-order valence-corrected chi connectivity index (χ4v) is 1.65. The van der Waals surface area contributed by atoms with Crippen LogP contribution < -0.4 is 11.1 Å². The number of halogens is 1. The van der Waals surface area contributed by atoms with Gasteiger partial charge in [-0.15, -0.1) is 0 Å². The highest BCUT2D eigenvalue weighted by atomic mass is 79.9. The molecule has 0 fully saturated rings. The Balaban J connectivity index is 2.22. The number of anilines is 1. The molecule has 0 heterocycles. The predicted octanol–water partition coefficient (Wildman–Crippen LogP) is 1.81. The summed E-state index contributed by atoms with van der Waals surface area (Å²) in [6, 6.07) is 5.14. The fraction of sp³-hybridized carbons (Fsp3) is 0.462. The summed E-state index contributed by atoms with van der Waals surface area (Å²) in [5.74, 6) is -0.129. The third-order valence-electron chi connectivity index (χ3n) is 2.44. The number of benzene rings is 1. The van der Waals surface area contributed by atoms with Gasteiger partial charge < -0.3 is 20.5 Å². The number of hydrogen-bond acceptors (Lipinski definition) is 4. The molecule has 0 aliphatic heterocycles. The maximum Gasteiger partial charge on any atom is 0.251 e. The first-order valence-corrected chi connectivity index (χ1v) is 6.84. The average molecular weight is 331 g/mol. The van der Waals surface area contributed by atoms with Gasteiger partial charge in [0.1, 0.15) is 0 Å². The van der Waals surface area contributed by atoms with Crippen molar-refractivity contribution in [3.05, 3.63) is 28.2 Å². The van der Waals surface area contributed by atoms with Crippen LogP contribution in [0.3, 0.4) is 0 Å². The molecule has 19 heavy (non-hydrogen) atoms. The Morgan fingerprint density at radius 3 is 2.84 bits per heavy atom. The molecular weight excluding hydrogens is 312 g/mol. The summed E-state index contributed by atoms with van der Waals surface area (Å²) in [6.07, 6.45) is 0.765. The molecule has 106 valence electrons. The van der Waals surface area contributed by atoms with Gasteiger partial charge in [0.25, 0.3) is 5.91 Å². The summed E-state index contributed by atoms with van der Waals surface area (Å²) in [6.45, 7) is 2.34. The number of rotatable bonds is 8. The second-order valence-electron chi connectivity index (χ2n) is 3.95. The molecule has 6 heteroatoms. The van der Waals surface area contributed by atoms with E-state index in [9.17, 15) is 4.79 Å². The van der Waals surface area contributed by atoms with Gasteiger partial charge in [-0.1, -0.05) is 0 Å². The highest BCUT2D eigenvalue weighted by molar-refractivity contribution is 9.10. The molecule has 5 nitrogen and oxygen atoms in total. The molecule has 1 aromatic carbocycles. The maximum absolute atomic E-state index is 11.8. The van der Waals surface area contributed by atoms with Gasteiger partial charge in [0, 0.05) is 36.0 Å². The van der Waals surface area contributed by atoms with E-state index in [1.165, 1.54) is 0 Å². The number of nitrogen functional groups attached to an aromatic ring is 1. The van der Waals surface area contributed by atoms with Crippen molar-refractivity contribution < 1.29 is 14.3 Å². The van der Waals surface area contributed by atoms with Crippen molar-refractivity contribution in [3.8, 4) is 0 Å². The Bertz CT molecular complexity index is 413. The lowest BCUT2D eigenvalue weighted by Gasteiger charge is -2.07. The van der Waals surface area contributed by atoms with Crippen molar-refractivity contribution in [2.24, 2.45) is 0 Å². The Morgan fingerprint density at radius 2 is 2.16 bits per heavy atom. The molecule has 0 saturated carbocycles. The zero-order chi connectivity index (χ0) is 14.1. The van der Waals surface area contributed by atoms with Gasteiger partial charge in [-0.2, -0.15) is 0 Å². The lowest BCUT2D eigenvalue weighted by Crippen LogP contribution is -2.25. The van der Waals surface area contributed by atoms with Crippen LogP contribution >= 0.6 is 15.9 Å². The molecule has 0 bridgehead atoms. The first-order chi connectivity index (χ1) is 9.15. The van der Waals surface area contributed by atoms with Crippen LogP contribution in [0.2, 0.25) is 0 Å². The van der Waals surface area contributed by atoms with Crippen molar-refractivity contribution in [3.63, 3.8) is 0 Å². The highest BCUT2D eigenvalue weighted by Gasteiger charge is 2.06. The van der Waals surface area contributed by atoms with Crippen LogP contribution in [-0.4, -0.2) is 39.4 Å². The third kappa shape index (κ3) is 6.04. The van der Waals surface area contributed by atoms with Gasteiger partial charge in [0.15, 0.2) is 0 Å². The normalized spacial score (nSPS) is 10.4. The van der Waals surface area contributed by atoms with E-state index in [2.05, 4.69) is 21.2 Å². The first-order valence-electron chi connectivity index (χ1n) is 6.05. The van der Waals surface area contributed by atoms with E-state index in [0.29, 0.717) is 37.6 Å². The molecule has 0 radical (unpaired) electrons. The van der Waals surface area contributed by atoms with Gasteiger partial charge >= 0.3 is 0 Å². The van der Waals surface area contributed by atoms with Crippen molar-refractivity contribution in [2.75, 3.05) is 39.2 Å². The van der Waals surface area contributed by atoms with Crippen LogP contribution in [0.15, 0.2) is 22.7 Å². The molecule has 1 aromatic rings. The van der Waals surface area contributed by atoms with Crippen molar-refractivity contribution in [2.45, 2.75) is 6.42 Å². The number of carbonyl (C=O) groups excluding carboxylic acids is 1. The molecule has 0 aliphatic rings. The minimum atomic E-state index is -0.129. The van der Waals surface area contributed by atoms with Gasteiger partial charge in [0.2, 0.25) is 0 Å². The van der Waals surface area contributed by atoms with Crippen molar-refractivity contribution in [1.29, 1.82) is 0 Å². The molecule has 3 N–H and O–H groups in total. The molecule has 1 amide bonds. The van der Waals surface area contributed by atoms with Gasteiger partial charge in [-0.25, -0.2) is 0 Å². The van der Waals surface area contributed by atoms with E-state index in [1.54, 1.807) is 25.3 Å². The maximum atomic E-state index is 11.8. The Hall–Kier alpha value is -1.11. The van der Waals surface area contributed by atoms with Gasteiger partial charge in [-0.3, -0.25) is 4.79 Å². The minimum absolute atomic E-state index is 0.129. The highest BCUT2D eigenvalue weighted by Crippen LogP contribution is 2.19. The fourth-order valence-electron chi connectivity index (χ4n) is 1.41. The van der Waals surface area contributed by atoms with E-state index in [0.717, 1.165) is 10.9 Å². The lowest BCUT2D eigenvalue weighted by molar-refractivity contribution is 0.0688. The predicted molar refractivity (Wildman–Crippen MR) is 78.2 cm³/mol. The zero-order valence-electron chi connectivity index (χ0n) is 10.9. The Labute approximate surface area is 121 Å². The standard InChI is InChI=1S/C13H19BrN2O3/c1-18-7-8-19-6-2-5-16-13(17)10-3-4-11(14)12(15)9-10/h3-4,9H,2,5-8,15H2,1H3,(H,16,17). The summed E-state index contributed by atoms with van der Waals surface area (Å²) < 4.78 is 10.9. The Morgan fingerprint density at radius 1 is 1.37 bits per heavy atom. The van der Waals surface area contributed by atoms with E-state index < -0.39 is 0 Å². The first kappa shape index (κ1) is 15.9. The average Bonchev–Trinajstić information content (AvgIpc) is 2.40. The smallest absolute Gasteiger partial charge is 0.251 e. The molecule has 0 atom stereocenters. The number of nitrogens with two attached hydrogens (primary N) is 1. The van der Waals surface area contributed by atoms with Crippen LogP contribution in [0, 0.1) is 0 Å². The summed E-state index contributed by atoms with van der Waals surface area (Å²) in [4.78, 5) is 11.8. The van der Waals surface area contributed by atoms with Gasteiger partial charge in [-0.05, 0) is 40.5 Å². The number of amides is 1. The molecule has 0 unspecified atom stereocenters. The zero-order valence-corrected chi connectivity index (χ0v) is 12.5. The van der Waals surface area contributed by atoms with Crippen LogP contribution in [0.1, 0.15) is 16.8 Å². The van der Waals surface area contributed by atoms with Crippen molar-refractivity contribution >= 4 is 27.5 Å². The van der Waals surface area contributed by atoms with Crippen LogP contribution in [0.25, 0.3) is 0 Å². The molecule has 0 aliphatic carbocycles. The van der Waals surface area contributed by atoms with E-state index in [1.807, 2.05) is 0 Å². The number of hydrogen-bond donors (Lipinski definition) is 2. The van der Waals surface area contributed by atoms with E-state index >= 15 is 0 Å². The summed E-state index contributed by atoms with van der Waals surface area (Å²) in [5.41, 5.74) is 6.83. The monoisotopic (exact) mass is 330 g/mol. The quantitative estimate of drug-likeness (QED) is 0.563. The summed E-state index contributed by atoms with van der Waals surface area (Å²) >= 11 is 3.29. The number of carbonyl (C=O) groups is 1. The number of methoxy groups -OCH3 is 1. The summed E-state index contributed by atoms with van der Waals surface area (Å²) in [5, 5.41) is 2.82. The van der Waals surface area contributed by atoms with E-state index in [4.69, 9.17) is 15.2 Å². The number of nitrogens with one attached hydrogen (secondary N) is 1. The van der Waals surface area contributed by atoms with Gasteiger partial charge in [0.05, 0.1) is 13.2 Å². The number of ether oxygens (including phenoxy) is 2. The molecule has 1 rings (SSSR count). The summed E-state index contributed by atoms with van der Waals surface area (Å²) in [7, 11) is 1.63. The van der Waals surface area contributed by atoms with Crippen LogP contribution in [0.5, 0.6) is 0 Å². The van der Waals surface area contributed by atoms with E-state index in [-0.39, 0.29) is 5.91 Å². The SMILES string of the molecule is COCCOCCCNC(=O)c1ccc(Br)c(N)c1. The molecule has 0 aromatic heterocycles. The largest absolute Gasteiger partial charge is 0.398 e. The van der Waals surface area contributed by atoms with Crippen LogP contribution in [-0.2, 0) is 9.47 Å². The topological polar surface area (TPSA) is 73.6 Å². The van der Waals surface area contributed by atoms with Crippen LogP contribution in [0.4, 0.5) is 5.69 Å². The Kier molecular flexibility index (Phi) is 7.47. The molecular formula is C13H19BrN2O3. The lowest BCUT2D eigenvalue weighted by atomic mass is 10.2. The minimum Gasteiger partial charge on any atom is -0.398 e. The van der Waals surface area contributed by atoms with Crippen molar-refractivity contribution in [1.82, 2.24) is 5.32 Å². The molecule has 0 saturated heterocycles. The third-order valence-corrected chi connectivity index (χ3v) is 3.16. The second-order valence-corrected chi connectivity index (χ2v) is 4.81.